The maximum atomic E-state index is 12.0. The minimum Gasteiger partial charge on any atom is -0.483 e. The third-order valence-electron chi connectivity index (χ3n) is 3.32. The molecule has 2 aromatic carbocycles. The van der Waals surface area contributed by atoms with E-state index >= 15 is 0 Å². The summed E-state index contributed by atoms with van der Waals surface area (Å²) in [5, 5.41) is 15.6. The number of aromatic nitrogens is 1. The van der Waals surface area contributed by atoms with Crippen LogP contribution >= 0.6 is 27.3 Å². The molecule has 0 aliphatic carbocycles. The van der Waals surface area contributed by atoms with Gasteiger partial charge < -0.3 is 4.74 Å². The molecule has 1 N–H and O–H groups in total. The number of hydrogen-bond donors (Lipinski definition) is 1. The molecule has 0 radical (unpaired) electrons. The lowest BCUT2D eigenvalue weighted by Gasteiger charge is -2.07. The van der Waals surface area contributed by atoms with Crippen molar-refractivity contribution in [2.45, 2.75) is 0 Å². The second kappa shape index (κ2) is 8.07. The van der Waals surface area contributed by atoms with Crippen molar-refractivity contribution < 1.29 is 14.5 Å². The van der Waals surface area contributed by atoms with E-state index in [0.29, 0.717) is 16.6 Å². The molecule has 0 saturated carbocycles. The van der Waals surface area contributed by atoms with E-state index in [9.17, 15) is 14.9 Å². The van der Waals surface area contributed by atoms with Crippen molar-refractivity contribution in [3.05, 3.63) is 68.5 Å². The summed E-state index contributed by atoms with van der Waals surface area (Å²) in [5.74, 6) is 0.249. The van der Waals surface area contributed by atoms with Crippen LogP contribution in [0.15, 0.2) is 58.4 Å². The van der Waals surface area contributed by atoms with Crippen LogP contribution in [0.2, 0.25) is 0 Å². The topological polar surface area (TPSA) is 94.4 Å². The van der Waals surface area contributed by atoms with Crippen LogP contribution in [-0.2, 0) is 4.79 Å². The second-order valence-corrected chi connectivity index (χ2v) is 6.82. The van der Waals surface area contributed by atoms with Crippen LogP contribution in [0.1, 0.15) is 0 Å². The highest BCUT2D eigenvalue weighted by Crippen LogP contribution is 2.27. The molecule has 7 nitrogen and oxygen atoms in total. The molecule has 0 unspecified atom stereocenters. The van der Waals surface area contributed by atoms with Crippen LogP contribution in [0.5, 0.6) is 5.75 Å². The van der Waals surface area contributed by atoms with Crippen molar-refractivity contribution >= 4 is 44.0 Å². The first-order chi connectivity index (χ1) is 12.5. The first-order valence-electron chi connectivity index (χ1n) is 7.40. The van der Waals surface area contributed by atoms with Gasteiger partial charge in [0.05, 0.1) is 15.1 Å². The minimum absolute atomic E-state index is 0.0155. The van der Waals surface area contributed by atoms with Gasteiger partial charge in [0, 0.05) is 23.1 Å². The van der Waals surface area contributed by atoms with Gasteiger partial charge in [-0.2, -0.15) is 0 Å². The number of anilines is 1. The van der Waals surface area contributed by atoms with Crippen LogP contribution in [-0.4, -0.2) is 22.4 Å². The molecular weight excluding hydrogens is 422 g/mol. The van der Waals surface area contributed by atoms with E-state index in [4.69, 9.17) is 4.74 Å². The van der Waals surface area contributed by atoms with Crippen LogP contribution in [0.25, 0.3) is 11.3 Å². The number of nitro benzene ring substituents is 1. The Morgan fingerprint density at radius 3 is 2.65 bits per heavy atom. The van der Waals surface area contributed by atoms with E-state index in [1.807, 2.05) is 18.2 Å². The monoisotopic (exact) mass is 433 g/mol. The number of ether oxygens (including phenoxy) is 1. The molecule has 0 bridgehead atoms. The summed E-state index contributed by atoms with van der Waals surface area (Å²) >= 11 is 4.61. The fourth-order valence-corrected chi connectivity index (χ4v) is 3.21. The Kier molecular flexibility index (Phi) is 5.59. The van der Waals surface area contributed by atoms with Crippen LogP contribution in [0.4, 0.5) is 10.8 Å². The molecule has 1 amide bonds. The number of rotatable bonds is 6. The number of carbonyl (C=O) groups is 1. The lowest BCUT2D eigenvalue weighted by molar-refractivity contribution is -0.384. The zero-order valence-corrected chi connectivity index (χ0v) is 15.6. The van der Waals surface area contributed by atoms with Crippen LogP contribution < -0.4 is 10.1 Å². The van der Waals surface area contributed by atoms with Gasteiger partial charge in [-0.15, -0.1) is 11.3 Å². The lowest BCUT2D eigenvalue weighted by atomic mass is 10.1. The predicted molar refractivity (Wildman–Crippen MR) is 102 cm³/mol. The predicted octanol–water partition coefficient (Wildman–Crippen LogP) is 4.50. The molecule has 9 heteroatoms. The third kappa shape index (κ3) is 4.44. The van der Waals surface area contributed by atoms with Gasteiger partial charge in [-0.3, -0.25) is 20.2 Å². The van der Waals surface area contributed by atoms with Crippen molar-refractivity contribution in [2.75, 3.05) is 11.9 Å². The Bertz CT molecular complexity index is 943. The van der Waals surface area contributed by atoms with Crippen molar-refractivity contribution in [1.82, 2.24) is 4.98 Å². The smallest absolute Gasteiger partial charge is 0.269 e. The van der Waals surface area contributed by atoms with Gasteiger partial charge in [0.15, 0.2) is 11.7 Å². The first kappa shape index (κ1) is 18.0. The summed E-state index contributed by atoms with van der Waals surface area (Å²) in [7, 11) is 0. The van der Waals surface area contributed by atoms with Gasteiger partial charge in [-0.05, 0) is 40.2 Å². The Labute approximate surface area is 160 Å². The van der Waals surface area contributed by atoms with Gasteiger partial charge in [-0.25, -0.2) is 4.98 Å². The molecule has 3 aromatic rings. The van der Waals surface area contributed by atoms with Gasteiger partial charge in [-0.1, -0.05) is 12.1 Å². The Hall–Kier alpha value is -2.78. The number of nitrogens with one attached hydrogen (secondary N) is 1. The van der Waals surface area contributed by atoms with Gasteiger partial charge >= 0.3 is 0 Å². The first-order valence-corrected chi connectivity index (χ1v) is 9.08. The van der Waals surface area contributed by atoms with E-state index in [0.717, 1.165) is 10.0 Å². The fourth-order valence-electron chi connectivity index (χ4n) is 2.08. The number of para-hydroxylation sites is 1. The van der Waals surface area contributed by atoms with Gasteiger partial charge in [0.25, 0.3) is 11.6 Å². The standard InChI is InChI=1S/C17H12BrN3O4S/c18-13-3-1-2-4-15(13)25-9-16(22)20-17-19-14(10-26-17)11-5-7-12(8-6-11)21(23)24/h1-8,10H,9H2,(H,19,20,22). The van der Waals surface area contributed by atoms with Gasteiger partial charge in [0.1, 0.15) is 5.75 Å². The van der Waals surface area contributed by atoms with E-state index in [1.54, 1.807) is 23.6 Å². The van der Waals surface area contributed by atoms with Gasteiger partial charge in [0.2, 0.25) is 0 Å². The number of thiazole rings is 1. The van der Waals surface area contributed by atoms with E-state index in [-0.39, 0.29) is 18.2 Å². The minimum atomic E-state index is -0.457. The van der Waals surface area contributed by atoms with E-state index in [2.05, 4.69) is 26.2 Å². The lowest BCUT2D eigenvalue weighted by Crippen LogP contribution is -2.20. The molecule has 26 heavy (non-hydrogen) atoms. The Morgan fingerprint density at radius 2 is 1.96 bits per heavy atom. The summed E-state index contributed by atoms with van der Waals surface area (Å²) in [6, 6.07) is 13.3. The van der Waals surface area contributed by atoms with Crippen molar-refractivity contribution in [2.24, 2.45) is 0 Å². The zero-order chi connectivity index (χ0) is 18.5. The van der Waals surface area contributed by atoms with Crippen LogP contribution in [0, 0.1) is 10.1 Å². The number of nitro groups is 1. The summed E-state index contributed by atoms with van der Waals surface area (Å²) in [5.41, 5.74) is 1.38. The average Bonchev–Trinajstić information content (AvgIpc) is 3.09. The maximum Gasteiger partial charge on any atom is 0.269 e. The van der Waals surface area contributed by atoms with Crippen LogP contribution in [0.3, 0.4) is 0 Å². The molecule has 1 aromatic heterocycles. The number of benzene rings is 2. The normalized spacial score (nSPS) is 10.3. The SMILES string of the molecule is O=C(COc1ccccc1Br)Nc1nc(-c2ccc([N+](=O)[O-])cc2)cs1. The molecule has 0 atom stereocenters. The Balaban J connectivity index is 1.60. The average molecular weight is 434 g/mol. The molecular formula is C17H12BrN3O4S. The number of nitrogens with zero attached hydrogens (tertiary/aromatic N) is 2. The summed E-state index contributed by atoms with van der Waals surface area (Å²) in [6.07, 6.45) is 0. The summed E-state index contributed by atoms with van der Waals surface area (Å²) in [4.78, 5) is 26.6. The highest BCUT2D eigenvalue weighted by atomic mass is 79.9. The van der Waals surface area contributed by atoms with Crippen molar-refractivity contribution in [3.8, 4) is 17.0 Å². The summed E-state index contributed by atoms with van der Waals surface area (Å²) < 4.78 is 6.22. The molecule has 0 aliphatic rings. The second-order valence-electron chi connectivity index (χ2n) is 5.11. The van der Waals surface area contributed by atoms with Crippen molar-refractivity contribution in [1.29, 1.82) is 0 Å². The number of non-ortho nitro benzene ring substituents is 1. The number of carbonyl (C=O) groups excluding carboxylic acids is 1. The largest absolute Gasteiger partial charge is 0.483 e. The quantitative estimate of drug-likeness (QED) is 0.456. The van der Waals surface area contributed by atoms with E-state index < -0.39 is 4.92 Å². The number of hydrogen-bond acceptors (Lipinski definition) is 6. The molecule has 3 rings (SSSR count). The molecule has 0 spiro atoms. The number of halogens is 1. The summed E-state index contributed by atoms with van der Waals surface area (Å²) in [6.45, 7) is -0.144. The maximum absolute atomic E-state index is 12.0. The third-order valence-corrected chi connectivity index (χ3v) is 4.73. The number of amides is 1. The van der Waals surface area contributed by atoms with Crippen molar-refractivity contribution in [3.63, 3.8) is 0 Å². The highest BCUT2D eigenvalue weighted by molar-refractivity contribution is 9.10. The Morgan fingerprint density at radius 1 is 1.23 bits per heavy atom. The molecule has 0 saturated heterocycles. The molecule has 0 fully saturated rings. The molecule has 132 valence electrons. The fraction of sp³-hybridized carbons (Fsp3) is 0.0588. The molecule has 1 heterocycles. The molecule has 0 aliphatic heterocycles. The van der Waals surface area contributed by atoms with E-state index in [1.165, 1.54) is 23.5 Å². The highest BCUT2D eigenvalue weighted by Gasteiger charge is 2.11. The zero-order valence-electron chi connectivity index (χ0n) is 13.2.